The zero-order valence-electron chi connectivity index (χ0n) is 13.8. The van der Waals surface area contributed by atoms with Gasteiger partial charge in [0.1, 0.15) is 11.6 Å². The van der Waals surface area contributed by atoms with Crippen molar-refractivity contribution in [2.75, 3.05) is 7.11 Å². The molecule has 0 unspecified atom stereocenters. The van der Waals surface area contributed by atoms with Crippen LogP contribution in [-0.2, 0) is 4.74 Å². The maximum atomic E-state index is 14.8. The predicted molar refractivity (Wildman–Crippen MR) is 89.9 cm³/mol. The van der Waals surface area contributed by atoms with Crippen LogP contribution >= 0.6 is 0 Å². The molecular weight excluding hydrogens is 325 g/mol. The van der Waals surface area contributed by atoms with Crippen molar-refractivity contribution in [2.24, 2.45) is 0 Å². The minimum Gasteiger partial charge on any atom is -0.465 e. The molecule has 0 atom stereocenters. The van der Waals surface area contributed by atoms with Crippen LogP contribution in [0.3, 0.4) is 0 Å². The van der Waals surface area contributed by atoms with Crippen molar-refractivity contribution in [3.63, 3.8) is 0 Å². The number of pyridine rings is 1. The van der Waals surface area contributed by atoms with Gasteiger partial charge in [0.2, 0.25) is 0 Å². The summed E-state index contributed by atoms with van der Waals surface area (Å²) in [4.78, 5) is 19.0. The number of aryl methyl sites for hydroxylation is 2. The number of nitrogens with one attached hydrogen (secondary N) is 1. The molecule has 6 nitrogen and oxygen atoms in total. The zero-order chi connectivity index (χ0) is 17.7. The number of carbonyl (C=O) groups is 1. The number of aromatic nitrogens is 3. The molecule has 0 fully saturated rings. The number of aromatic amines is 1. The minimum atomic E-state index is -0.495. The third kappa shape index (κ3) is 2.27. The highest BCUT2D eigenvalue weighted by atomic mass is 19.1. The first kappa shape index (κ1) is 15.3. The molecule has 0 saturated heterocycles. The second-order valence-corrected chi connectivity index (χ2v) is 5.82. The Bertz CT molecular complexity index is 1120. The highest BCUT2D eigenvalue weighted by Crippen LogP contribution is 2.34. The van der Waals surface area contributed by atoms with E-state index < -0.39 is 11.8 Å². The van der Waals surface area contributed by atoms with Crippen LogP contribution in [0, 0.1) is 19.7 Å². The number of fused-ring (bicyclic) bond motifs is 3. The second kappa shape index (κ2) is 5.41. The Labute approximate surface area is 141 Å². The number of hydrogen-bond donors (Lipinski definition) is 1. The van der Waals surface area contributed by atoms with Gasteiger partial charge in [0.05, 0.1) is 40.3 Å². The minimum absolute atomic E-state index is 0.299. The zero-order valence-corrected chi connectivity index (χ0v) is 13.8. The van der Waals surface area contributed by atoms with Crippen molar-refractivity contribution in [1.29, 1.82) is 0 Å². The first-order chi connectivity index (χ1) is 12.0. The van der Waals surface area contributed by atoms with Gasteiger partial charge in [0, 0.05) is 11.8 Å². The number of benzene rings is 1. The summed E-state index contributed by atoms with van der Waals surface area (Å²) in [5.74, 6) is -0.277. The van der Waals surface area contributed by atoms with Gasteiger partial charge in [0.15, 0.2) is 0 Å². The van der Waals surface area contributed by atoms with Crippen molar-refractivity contribution in [3.8, 4) is 11.1 Å². The van der Waals surface area contributed by atoms with Crippen LogP contribution in [0.4, 0.5) is 4.39 Å². The predicted octanol–water partition coefficient (Wildman–Crippen LogP) is 3.91. The number of hydrogen-bond acceptors (Lipinski definition) is 5. The Balaban J connectivity index is 1.97. The molecule has 3 heterocycles. The van der Waals surface area contributed by atoms with Gasteiger partial charge in [-0.1, -0.05) is 5.16 Å². The molecule has 0 radical (unpaired) electrons. The lowest BCUT2D eigenvalue weighted by atomic mass is 10.0. The number of H-pyrrole nitrogens is 1. The second-order valence-electron chi connectivity index (χ2n) is 5.82. The van der Waals surface area contributed by atoms with E-state index in [1.165, 1.54) is 19.4 Å². The fraction of sp³-hybridized carbons (Fsp3) is 0.167. The molecule has 4 aromatic rings. The van der Waals surface area contributed by atoms with Crippen LogP contribution in [0.5, 0.6) is 0 Å². The van der Waals surface area contributed by atoms with E-state index in [1.807, 2.05) is 13.0 Å². The summed E-state index contributed by atoms with van der Waals surface area (Å²) < 4.78 is 24.6. The van der Waals surface area contributed by atoms with E-state index in [2.05, 4.69) is 15.1 Å². The number of methoxy groups -OCH3 is 1. The van der Waals surface area contributed by atoms with Crippen LogP contribution in [0.1, 0.15) is 21.8 Å². The molecule has 0 aliphatic heterocycles. The molecule has 0 saturated carbocycles. The summed E-state index contributed by atoms with van der Waals surface area (Å²) in [6.07, 6.45) is 1.38. The topological polar surface area (TPSA) is 81.0 Å². The Kier molecular flexibility index (Phi) is 3.31. The number of halogens is 1. The van der Waals surface area contributed by atoms with E-state index in [-0.39, 0.29) is 0 Å². The van der Waals surface area contributed by atoms with Crippen LogP contribution in [0.15, 0.2) is 28.9 Å². The highest BCUT2D eigenvalue weighted by molar-refractivity contribution is 6.07. The van der Waals surface area contributed by atoms with E-state index in [0.717, 1.165) is 5.56 Å². The summed E-state index contributed by atoms with van der Waals surface area (Å²) >= 11 is 0. The fourth-order valence-electron chi connectivity index (χ4n) is 3.12. The molecule has 1 N–H and O–H groups in total. The Hall–Kier alpha value is -3.22. The van der Waals surface area contributed by atoms with Crippen molar-refractivity contribution in [2.45, 2.75) is 13.8 Å². The van der Waals surface area contributed by atoms with Crippen molar-refractivity contribution < 1.29 is 18.4 Å². The van der Waals surface area contributed by atoms with Gasteiger partial charge in [-0.3, -0.25) is 4.98 Å². The van der Waals surface area contributed by atoms with Crippen LogP contribution in [0.25, 0.3) is 33.1 Å². The van der Waals surface area contributed by atoms with Crippen molar-refractivity contribution in [3.05, 3.63) is 47.2 Å². The lowest BCUT2D eigenvalue weighted by Crippen LogP contribution is -2.01. The van der Waals surface area contributed by atoms with E-state index in [0.29, 0.717) is 44.5 Å². The average molecular weight is 339 g/mol. The number of carbonyl (C=O) groups excluding carboxylic acids is 1. The maximum Gasteiger partial charge on any atom is 0.339 e. The summed E-state index contributed by atoms with van der Waals surface area (Å²) in [6, 6.07) is 4.87. The molecule has 0 aliphatic carbocycles. The highest BCUT2D eigenvalue weighted by Gasteiger charge is 2.18. The SMILES string of the molecule is COC(=O)c1cnc2c(c1)[nH]c1cc(-c3c(C)noc3C)cc(F)c12. The molecule has 0 bridgehead atoms. The molecule has 0 aliphatic rings. The third-order valence-corrected chi connectivity index (χ3v) is 4.23. The molecule has 126 valence electrons. The van der Waals surface area contributed by atoms with Gasteiger partial charge < -0.3 is 14.2 Å². The van der Waals surface area contributed by atoms with E-state index in [4.69, 9.17) is 9.26 Å². The largest absolute Gasteiger partial charge is 0.465 e. The van der Waals surface area contributed by atoms with Gasteiger partial charge in [-0.2, -0.15) is 0 Å². The molecule has 0 amide bonds. The Morgan fingerprint density at radius 3 is 2.72 bits per heavy atom. The molecule has 25 heavy (non-hydrogen) atoms. The average Bonchev–Trinajstić information content (AvgIpc) is 3.12. The quantitative estimate of drug-likeness (QED) is 0.560. The summed E-state index contributed by atoms with van der Waals surface area (Å²) in [6.45, 7) is 3.59. The van der Waals surface area contributed by atoms with Crippen LogP contribution in [0.2, 0.25) is 0 Å². The summed E-state index contributed by atoms with van der Waals surface area (Å²) in [5, 5.41) is 4.29. The van der Waals surface area contributed by atoms with Crippen molar-refractivity contribution in [1.82, 2.24) is 15.1 Å². The molecule has 4 rings (SSSR count). The Morgan fingerprint density at radius 1 is 1.24 bits per heavy atom. The summed E-state index contributed by atoms with van der Waals surface area (Å²) in [5.41, 5.74) is 4.03. The van der Waals surface area contributed by atoms with Crippen LogP contribution < -0.4 is 0 Å². The third-order valence-electron chi connectivity index (χ3n) is 4.23. The first-order valence-electron chi connectivity index (χ1n) is 7.62. The fourth-order valence-corrected chi connectivity index (χ4v) is 3.12. The van der Waals surface area contributed by atoms with E-state index in [1.54, 1.807) is 13.0 Å². The maximum absolute atomic E-state index is 14.8. The smallest absolute Gasteiger partial charge is 0.339 e. The molecule has 7 heteroatoms. The van der Waals surface area contributed by atoms with Crippen LogP contribution in [-0.4, -0.2) is 28.2 Å². The van der Waals surface area contributed by atoms with Gasteiger partial charge in [-0.15, -0.1) is 0 Å². The van der Waals surface area contributed by atoms with Gasteiger partial charge in [-0.05, 0) is 37.6 Å². The summed E-state index contributed by atoms with van der Waals surface area (Å²) in [7, 11) is 1.30. The van der Waals surface area contributed by atoms with E-state index in [9.17, 15) is 9.18 Å². The van der Waals surface area contributed by atoms with Gasteiger partial charge in [0.25, 0.3) is 0 Å². The first-order valence-corrected chi connectivity index (χ1v) is 7.62. The number of esters is 1. The number of rotatable bonds is 2. The number of nitrogens with zero attached hydrogens (tertiary/aromatic N) is 2. The van der Waals surface area contributed by atoms with Gasteiger partial charge >= 0.3 is 5.97 Å². The molecule has 1 aromatic carbocycles. The lowest BCUT2D eigenvalue weighted by Gasteiger charge is -2.02. The Morgan fingerprint density at radius 2 is 2.04 bits per heavy atom. The lowest BCUT2D eigenvalue weighted by molar-refractivity contribution is 0.0600. The standard InChI is InChI=1S/C18H14FN3O3/c1-8-15(9(2)25-22-8)10-4-12(19)16-13(5-10)21-14-6-11(18(23)24-3)7-20-17(14)16/h4-7,21H,1-3H3. The van der Waals surface area contributed by atoms with E-state index >= 15 is 0 Å². The molecular formula is C18H14FN3O3. The molecule has 3 aromatic heterocycles. The molecule has 0 spiro atoms. The van der Waals surface area contributed by atoms with Gasteiger partial charge in [-0.25, -0.2) is 9.18 Å². The van der Waals surface area contributed by atoms with Crippen molar-refractivity contribution >= 4 is 27.9 Å². The monoisotopic (exact) mass is 339 g/mol. The number of ether oxygens (including phenoxy) is 1. The normalized spacial score (nSPS) is 11.4.